The minimum absolute atomic E-state index is 0.0611. The third kappa shape index (κ3) is 9.42. The smallest absolute Gasteiger partial charge is 0.250 e. The van der Waals surface area contributed by atoms with Crippen molar-refractivity contribution >= 4 is 5.91 Å². The van der Waals surface area contributed by atoms with Gasteiger partial charge >= 0.3 is 0 Å². The minimum atomic E-state index is -1.69. The lowest BCUT2D eigenvalue weighted by molar-refractivity contribution is -0.296. The van der Waals surface area contributed by atoms with Gasteiger partial charge in [0, 0.05) is 32.2 Å². The van der Waals surface area contributed by atoms with E-state index in [1.807, 2.05) is 0 Å². The molecule has 0 spiro atoms. The summed E-state index contributed by atoms with van der Waals surface area (Å²) >= 11 is 0. The lowest BCUT2D eigenvalue weighted by atomic mass is 9.83. The zero-order chi connectivity index (χ0) is 36.9. The molecule has 1 aliphatic carbocycles. The number of aliphatic hydroxyl groups excluding tert-OH is 8. The second kappa shape index (κ2) is 18.6. The second-order valence-corrected chi connectivity index (χ2v) is 13.0. The maximum absolute atomic E-state index is 12.5. The molecule has 4 aliphatic rings. The number of nitrogens with two attached hydrogens (primary N) is 5. The van der Waals surface area contributed by atoms with Gasteiger partial charge < -0.3 is 109 Å². The molecule has 0 aromatic heterocycles. The summed E-state index contributed by atoms with van der Waals surface area (Å²) in [4.78, 5) is 12.5. The zero-order valence-corrected chi connectivity index (χ0v) is 27.4. The minimum Gasteiger partial charge on any atom is -0.395 e. The van der Waals surface area contributed by atoms with E-state index < -0.39 is 135 Å². The molecule has 4 rings (SSSR count). The average molecular weight is 730 g/mol. The zero-order valence-electron chi connectivity index (χ0n) is 27.4. The van der Waals surface area contributed by atoms with Crippen LogP contribution in [0.15, 0.2) is 0 Å². The van der Waals surface area contributed by atoms with Gasteiger partial charge in [0.05, 0.1) is 43.5 Å². The first-order valence-electron chi connectivity index (χ1n) is 16.7. The van der Waals surface area contributed by atoms with E-state index in [0.29, 0.717) is 0 Å². The number of rotatable bonds is 15. The van der Waals surface area contributed by atoms with E-state index in [9.17, 15) is 40.5 Å². The number of aliphatic hydroxyl groups is 8. The topological polar surface area (TPSA) is 388 Å². The van der Waals surface area contributed by atoms with Gasteiger partial charge in [0.2, 0.25) is 5.91 Å². The average Bonchev–Trinajstić information content (AvgIpc) is 3.39. The molecule has 3 aliphatic heterocycles. The third-order valence-electron chi connectivity index (χ3n) is 9.43. The molecular formula is C28H55N7O15. The number of hydrogen-bond donors (Lipinski definition) is 15. The maximum atomic E-state index is 12.5. The van der Waals surface area contributed by atoms with Crippen LogP contribution >= 0.6 is 0 Å². The molecule has 0 aromatic carbocycles. The fraction of sp³-hybridized carbons (Fsp3) is 0.964. The van der Waals surface area contributed by atoms with E-state index in [2.05, 4.69) is 10.6 Å². The Morgan fingerprint density at radius 1 is 0.760 bits per heavy atom. The van der Waals surface area contributed by atoms with Gasteiger partial charge in [-0.25, -0.2) is 0 Å². The molecular weight excluding hydrogens is 674 g/mol. The van der Waals surface area contributed by atoms with Crippen molar-refractivity contribution in [2.75, 3.05) is 39.4 Å². The maximum Gasteiger partial charge on any atom is 0.250 e. The molecule has 292 valence electrons. The van der Waals surface area contributed by atoms with Crippen LogP contribution in [-0.2, 0) is 33.2 Å². The standard InChI is InChI=1S/C28H55N7O15/c29-5-13(39)25(44)35-11-3-9(31)22(48-26-10(32)4-12(38)15(46-26)7-34-1-2-36)24(18(11)40)50-28-21(43)23(16(8-37)47-28)49-27-17(33)20(42)19(41)14(6-30)45-27/h9-24,26-28,34,36-43H,1-8,29-33H2,(H,35,44)/t9-,10?,11+,12-,13-,14-,15+,16+,17?,18-,19+,20+,21+,22+,23+,24+,26+,27+,28-/m0/s1. The van der Waals surface area contributed by atoms with Crippen LogP contribution in [0.5, 0.6) is 0 Å². The van der Waals surface area contributed by atoms with Gasteiger partial charge in [0.1, 0.15) is 61.0 Å². The molecule has 20 N–H and O–H groups in total. The van der Waals surface area contributed by atoms with E-state index in [1.165, 1.54) is 0 Å². The van der Waals surface area contributed by atoms with Crippen LogP contribution in [0.4, 0.5) is 0 Å². The molecule has 0 aromatic rings. The second-order valence-electron chi connectivity index (χ2n) is 13.0. The Bertz CT molecular complexity index is 1060. The van der Waals surface area contributed by atoms with Gasteiger partial charge in [-0.05, 0) is 12.8 Å². The highest BCUT2D eigenvalue weighted by Gasteiger charge is 2.54. The van der Waals surface area contributed by atoms with Gasteiger partial charge in [-0.3, -0.25) is 4.79 Å². The van der Waals surface area contributed by atoms with E-state index in [0.717, 1.165) is 0 Å². The number of nitrogens with one attached hydrogen (secondary N) is 2. The lowest BCUT2D eigenvalue weighted by Gasteiger charge is -2.47. The van der Waals surface area contributed by atoms with Crippen molar-refractivity contribution in [3.8, 4) is 0 Å². The molecule has 3 saturated heterocycles. The molecule has 4 fully saturated rings. The monoisotopic (exact) mass is 729 g/mol. The molecule has 22 nitrogen and oxygen atoms in total. The number of ether oxygens (including phenoxy) is 6. The molecule has 0 radical (unpaired) electrons. The van der Waals surface area contributed by atoms with E-state index in [-0.39, 0.29) is 39.1 Å². The Morgan fingerprint density at radius 3 is 2.04 bits per heavy atom. The summed E-state index contributed by atoms with van der Waals surface area (Å²) in [6.07, 6.45) is -20.2. The van der Waals surface area contributed by atoms with E-state index in [1.54, 1.807) is 0 Å². The molecule has 2 unspecified atom stereocenters. The van der Waals surface area contributed by atoms with Gasteiger partial charge in [0.15, 0.2) is 18.9 Å². The molecule has 22 heteroatoms. The van der Waals surface area contributed by atoms with Crippen LogP contribution in [0.1, 0.15) is 12.8 Å². The summed E-state index contributed by atoms with van der Waals surface area (Å²) in [5.74, 6) is -0.885. The van der Waals surface area contributed by atoms with Crippen molar-refractivity contribution in [3.05, 3.63) is 0 Å². The fourth-order valence-corrected chi connectivity index (χ4v) is 6.51. The van der Waals surface area contributed by atoms with Crippen LogP contribution in [0.3, 0.4) is 0 Å². The van der Waals surface area contributed by atoms with E-state index >= 15 is 0 Å². The number of amides is 1. The molecule has 19 atom stereocenters. The third-order valence-corrected chi connectivity index (χ3v) is 9.43. The highest BCUT2D eigenvalue weighted by atomic mass is 16.8. The van der Waals surface area contributed by atoms with Crippen molar-refractivity contribution in [2.24, 2.45) is 28.7 Å². The largest absolute Gasteiger partial charge is 0.395 e. The van der Waals surface area contributed by atoms with Crippen LogP contribution in [0, 0.1) is 0 Å². The van der Waals surface area contributed by atoms with Crippen LogP contribution in [0.25, 0.3) is 0 Å². The molecule has 1 saturated carbocycles. The number of hydrogen-bond acceptors (Lipinski definition) is 21. The number of carbonyl (C=O) groups is 1. The lowest BCUT2D eigenvalue weighted by Crippen LogP contribution is -2.67. The summed E-state index contributed by atoms with van der Waals surface area (Å²) in [5, 5.41) is 88.6. The summed E-state index contributed by atoms with van der Waals surface area (Å²) < 4.78 is 35.5. The number of carbonyl (C=O) groups excluding carboxylic acids is 1. The Kier molecular flexibility index (Phi) is 15.4. The summed E-state index contributed by atoms with van der Waals surface area (Å²) in [7, 11) is 0. The van der Waals surface area contributed by atoms with Gasteiger partial charge in [0.25, 0.3) is 0 Å². The first-order valence-corrected chi connectivity index (χ1v) is 16.7. The molecule has 50 heavy (non-hydrogen) atoms. The van der Waals surface area contributed by atoms with Crippen LogP contribution in [-0.4, -0.2) is 202 Å². The predicted octanol–water partition coefficient (Wildman–Crippen LogP) is -9.77. The van der Waals surface area contributed by atoms with Crippen molar-refractivity contribution in [2.45, 2.75) is 129 Å². The normalized spacial score (nSPS) is 46.1. The van der Waals surface area contributed by atoms with Gasteiger partial charge in [-0.1, -0.05) is 0 Å². The Balaban J connectivity index is 1.55. The molecule has 0 bridgehead atoms. The molecule has 1 amide bonds. The van der Waals surface area contributed by atoms with Gasteiger partial charge in [-0.15, -0.1) is 0 Å². The Hall–Kier alpha value is -1.33. The van der Waals surface area contributed by atoms with Crippen molar-refractivity contribution in [3.63, 3.8) is 0 Å². The Morgan fingerprint density at radius 2 is 1.40 bits per heavy atom. The van der Waals surface area contributed by atoms with E-state index in [4.69, 9.17) is 62.2 Å². The Labute approximate surface area is 288 Å². The first kappa shape index (κ1) is 41.4. The summed E-state index contributed by atoms with van der Waals surface area (Å²) in [6, 6.07) is -4.26. The summed E-state index contributed by atoms with van der Waals surface area (Å²) in [6.45, 7) is -1.05. The fourth-order valence-electron chi connectivity index (χ4n) is 6.51. The van der Waals surface area contributed by atoms with Crippen LogP contribution in [0.2, 0.25) is 0 Å². The van der Waals surface area contributed by atoms with Crippen molar-refractivity contribution in [1.29, 1.82) is 0 Å². The van der Waals surface area contributed by atoms with Crippen LogP contribution < -0.4 is 39.3 Å². The summed E-state index contributed by atoms with van der Waals surface area (Å²) in [5.41, 5.74) is 29.8. The highest BCUT2D eigenvalue weighted by molar-refractivity contribution is 5.81. The van der Waals surface area contributed by atoms with Gasteiger partial charge in [-0.2, -0.15) is 0 Å². The molecule has 3 heterocycles. The quantitative estimate of drug-likeness (QED) is 0.0696. The van der Waals surface area contributed by atoms with Crippen molar-refractivity contribution in [1.82, 2.24) is 10.6 Å². The highest BCUT2D eigenvalue weighted by Crippen LogP contribution is 2.34. The SMILES string of the molecule is NC[C@@H]1O[C@H](O[C@H]2[C@@H](O)[C@H](O[C@@H]3[C@@H](O)[C@H](NC(=O)[C@@H](O)CN)C[C@H](N)[C@H]3O[C@H]3O[C@H](CNCCO)[C@@H](O)CC3N)O[C@@H]2CO)C(N)[C@@H](O)[C@@H]1O. The van der Waals surface area contributed by atoms with Crippen molar-refractivity contribution < 1.29 is 74.1 Å². The predicted molar refractivity (Wildman–Crippen MR) is 167 cm³/mol. The first-order chi connectivity index (χ1) is 23.8.